The Bertz CT molecular complexity index is 807. The van der Waals surface area contributed by atoms with E-state index in [0.29, 0.717) is 17.7 Å². The number of nitrogens with two attached hydrogens (primary N) is 1. The Hall–Kier alpha value is -2.15. The number of anilines is 1. The molecule has 0 fully saturated rings. The average Bonchev–Trinajstić information content (AvgIpc) is 2.76. The summed E-state index contributed by atoms with van der Waals surface area (Å²) in [6.45, 7) is 0.563. The molecule has 0 atom stereocenters. The fourth-order valence-corrected chi connectivity index (χ4v) is 2.31. The first-order valence-electron chi connectivity index (χ1n) is 5.59. The molecule has 0 radical (unpaired) electrons. The summed E-state index contributed by atoms with van der Waals surface area (Å²) in [6, 6.07) is 7.85. The fourth-order valence-electron chi connectivity index (χ4n) is 1.90. The van der Waals surface area contributed by atoms with Crippen molar-refractivity contribution in [2.45, 2.75) is 6.54 Å². The summed E-state index contributed by atoms with van der Waals surface area (Å²) in [5.74, 6) is 0.0892. The number of hydrogen-bond donors (Lipinski definition) is 2. The van der Waals surface area contributed by atoms with Crippen LogP contribution in [0, 0.1) is 0 Å². The molecule has 0 saturated heterocycles. The van der Waals surface area contributed by atoms with Gasteiger partial charge in [0.05, 0.1) is 12.9 Å². The van der Waals surface area contributed by atoms with E-state index in [9.17, 15) is 4.79 Å². The first-order chi connectivity index (χ1) is 9.15. The van der Waals surface area contributed by atoms with Crippen LogP contribution < -0.4 is 11.3 Å². The zero-order chi connectivity index (χ0) is 13.4. The van der Waals surface area contributed by atoms with E-state index in [1.54, 1.807) is 10.9 Å². The molecule has 2 aromatic heterocycles. The fraction of sp³-hybridized carbons (Fsp3) is 0.0833. The van der Waals surface area contributed by atoms with Gasteiger partial charge in [0.1, 0.15) is 0 Å². The molecular weight excluding hydrogens is 310 g/mol. The van der Waals surface area contributed by atoms with Crippen molar-refractivity contribution in [2.24, 2.45) is 0 Å². The quantitative estimate of drug-likeness (QED) is 0.749. The molecule has 0 amide bonds. The van der Waals surface area contributed by atoms with Crippen LogP contribution in [0.4, 0.5) is 5.95 Å². The molecule has 0 unspecified atom stereocenters. The molecule has 6 nitrogen and oxygen atoms in total. The average molecular weight is 320 g/mol. The van der Waals surface area contributed by atoms with Gasteiger partial charge in [0.15, 0.2) is 11.2 Å². The van der Waals surface area contributed by atoms with E-state index in [2.05, 4.69) is 30.9 Å². The Morgan fingerprint density at radius 3 is 2.95 bits per heavy atom. The number of aromatic nitrogens is 4. The van der Waals surface area contributed by atoms with Crippen LogP contribution in [0.1, 0.15) is 5.56 Å². The smallest absolute Gasteiger partial charge is 0.280 e. The maximum atomic E-state index is 11.7. The molecular formula is C12H10BrN5O. The summed E-state index contributed by atoms with van der Waals surface area (Å²) in [6.07, 6.45) is 1.59. The molecule has 0 aliphatic rings. The number of fused-ring (bicyclic) bond motifs is 1. The lowest BCUT2D eigenvalue weighted by Gasteiger charge is -2.06. The molecule has 0 saturated carbocycles. The Morgan fingerprint density at radius 1 is 1.37 bits per heavy atom. The standard InChI is InChI=1S/C12H10BrN5O/c13-8-4-2-1-3-7(8)5-18-6-15-9-10(18)16-12(14)17-11(9)19/h1-4,6H,5H2,(H3,14,16,17,19). The molecule has 2 heterocycles. The van der Waals surface area contributed by atoms with E-state index >= 15 is 0 Å². The van der Waals surface area contributed by atoms with Gasteiger partial charge in [-0.3, -0.25) is 9.78 Å². The molecule has 19 heavy (non-hydrogen) atoms. The van der Waals surface area contributed by atoms with Crippen molar-refractivity contribution in [2.75, 3.05) is 5.73 Å². The van der Waals surface area contributed by atoms with Crippen molar-refractivity contribution in [3.63, 3.8) is 0 Å². The Balaban J connectivity index is 2.12. The van der Waals surface area contributed by atoms with Crippen LogP contribution in [0.2, 0.25) is 0 Å². The second-order valence-corrected chi connectivity index (χ2v) is 4.94. The Kier molecular flexibility index (Phi) is 2.83. The normalized spacial score (nSPS) is 11.0. The lowest BCUT2D eigenvalue weighted by molar-refractivity contribution is 0.810. The van der Waals surface area contributed by atoms with Crippen LogP contribution in [0.25, 0.3) is 11.2 Å². The van der Waals surface area contributed by atoms with Gasteiger partial charge in [0, 0.05) is 4.47 Å². The summed E-state index contributed by atoms with van der Waals surface area (Å²) >= 11 is 3.49. The van der Waals surface area contributed by atoms with Gasteiger partial charge in [-0.15, -0.1) is 0 Å². The molecule has 3 N–H and O–H groups in total. The minimum absolute atomic E-state index is 0.0892. The number of imidazole rings is 1. The lowest BCUT2D eigenvalue weighted by Crippen LogP contribution is -2.12. The number of hydrogen-bond acceptors (Lipinski definition) is 4. The maximum absolute atomic E-state index is 11.7. The third-order valence-electron chi connectivity index (χ3n) is 2.79. The highest BCUT2D eigenvalue weighted by Crippen LogP contribution is 2.18. The van der Waals surface area contributed by atoms with Gasteiger partial charge in [0.2, 0.25) is 5.95 Å². The van der Waals surface area contributed by atoms with E-state index in [0.717, 1.165) is 10.0 Å². The van der Waals surface area contributed by atoms with E-state index < -0.39 is 0 Å². The van der Waals surface area contributed by atoms with Gasteiger partial charge < -0.3 is 10.3 Å². The predicted octanol–water partition coefficient (Wildman–Crippen LogP) is 1.51. The second-order valence-electron chi connectivity index (χ2n) is 4.09. The van der Waals surface area contributed by atoms with Crippen molar-refractivity contribution in [1.29, 1.82) is 0 Å². The molecule has 1 aromatic carbocycles. The topological polar surface area (TPSA) is 89.6 Å². The predicted molar refractivity (Wildman–Crippen MR) is 75.8 cm³/mol. The monoisotopic (exact) mass is 319 g/mol. The van der Waals surface area contributed by atoms with E-state index in [-0.39, 0.29) is 11.5 Å². The molecule has 3 aromatic rings. The number of nitrogen functional groups attached to an aromatic ring is 1. The van der Waals surface area contributed by atoms with Crippen molar-refractivity contribution in [1.82, 2.24) is 19.5 Å². The number of nitrogens with one attached hydrogen (secondary N) is 1. The SMILES string of the molecule is Nc1nc2c(ncn2Cc2ccccc2Br)c(=O)[nH]1. The third kappa shape index (κ3) is 2.12. The van der Waals surface area contributed by atoms with Crippen LogP contribution in [-0.2, 0) is 6.54 Å². The molecule has 96 valence electrons. The van der Waals surface area contributed by atoms with Crippen molar-refractivity contribution >= 4 is 33.0 Å². The molecule has 3 rings (SSSR count). The summed E-state index contributed by atoms with van der Waals surface area (Å²) in [5, 5.41) is 0. The highest BCUT2D eigenvalue weighted by Gasteiger charge is 2.10. The first kappa shape index (κ1) is 11.9. The van der Waals surface area contributed by atoms with Crippen LogP contribution in [0.3, 0.4) is 0 Å². The summed E-state index contributed by atoms with van der Waals surface area (Å²) in [4.78, 5) is 22.3. The molecule has 0 aliphatic heterocycles. The number of rotatable bonds is 2. The summed E-state index contributed by atoms with van der Waals surface area (Å²) < 4.78 is 2.79. The number of aromatic amines is 1. The minimum atomic E-state index is -0.326. The second kappa shape index (κ2) is 4.51. The van der Waals surface area contributed by atoms with Crippen molar-refractivity contribution in [3.05, 3.63) is 51.0 Å². The van der Waals surface area contributed by atoms with Gasteiger partial charge in [-0.1, -0.05) is 34.1 Å². The van der Waals surface area contributed by atoms with Crippen molar-refractivity contribution in [3.8, 4) is 0 Å². The highest BCUT2D eigenvalue weighted by atomic mass is 79.9. The van der Waals surface area contributed by atoms with Gasteiger partial charge in [-0.05, 0) is 11.6 Å². The molecule has 0 aliphatic carbocycles. The Morgan fingerprint density at radius 2 is 2.16 bits per heavy atom. The van der Waals surface area contributed by atoms with Gasteiger partial charge >= 0.3 is 0 Å². The molecule has 0 spiro atoms. The lowest BCUT2D eigenvalue weighted by atomic mass is 10.2. The van der Waals surface area contributed by atoms with Crippen LogP contribution in [0.5, 0.6) is 0 Å². The van der Waals surface area contributed by atoms with Crippen LogP contribution >= 0.6 is 15.9 Å². The zero-order valence-electron chi connectivity index (χ0n) is 9.80. The number of H-pyrrole nitrogens is 1. The van der Waals surface area contributed by atoms with Gasteiger partial charge in [-0.2, -0.15) is 4.98 Å². The van der Waals surface area contributed by atoms with E-state index in [1.165, 1.54) is 0 Å². The Labute approximate surface area is 116 Å². The van der Waals surface area contributed by atoms with E-state index in [1.807, 2.05) is 24.3 Å². The van der Waals surface area contributed by atoms with Crippen molar-refractivity contribution < 1.29 is 0 Å². The zero-order valence-corrected chi connectivity index (χ0v) is 11.4. The largest absolute Gasteiger partial charge is 0.369 e. The summed E-state index contributed by atoms with van der Waals surface area (Å²) in [7, 11) is 0. The van der Waals surface area contributed by atoms with Gasteiger partial charge in [-0.25, -0.2) is 4.98 Å². The molecule has 7 heteroatoms. The summed E-state index contributed by atoms with van der Waals surface area (Å²) in [5.41, 5.74) is 7.08. The third-order valence-corrected chi connectivity index (χ3v) is 3.57. The number of benzene rings is 1. The highest BCUT2D eigenvalue weighted by molar-refractivity contribution is 9.10. The minimum Gasteiger partial charge on any atom is -0.369 e. The van der Waals surface area contributed by atoms with Gasteiger partial charge in [0.25, 0.3) is 5.56 Å². The van der Waals surface area contributed by atoms with E-state index in [4.69, 9.17) is 5.73 Å². The van der Waals surface area contributed by atoms with Crippen LogP contribution in [-0.4, -0.2) is 19.5 Å². The maximum Gasteiger partial charge on any atom is 0.280 e. The van der Waals surface area contributed by atoms with Crippen LogP contribution in [0.15, 0.2) is 39.9 Å². The molecule has 0 bridgehead atoms. The number of nitrogens with zero attached hydrogens (tertiary/aromatic N) is 3. The first-order valence-corrected chi connectivity index (χ1v) is 6.38. The number of halogens is 1.